The molecule has 0 aliphatic heterocycles. The lowest BCUT2D eigenvalue weighted by molar-refractivity contribution is -0.384. The molecule has 0 saturated carbocycles. The molecule has 0 atom stereocenters. The Morgan fingerprint density at radius 2 is 2.00 bits per heavy atom. The van der Waals surface area contributed by atoms with Gasteiger partial charge >= 0.3 is 0 Å². The van der Waals surface area contributed by atoms with Gasteiger partial charge in [-0.05, 0) is 64.1 Å². The lowest BCUT2D eigenvalue weighted by Crippen LogP contribution is -1.89. The first kappa shape index (κ1) is 16.0. The van der Waals surface area contributed by atoms with Crippen LogP contribution >= 0.6 is 22.6 Å². The minimum absolute atomic E-state index is 0.0000331. The number of benzene rings is 2. The van der Waals surface area contributed by atoms with Crippen LogP contribution in [0.3, 0.4) is 0 Å². The van der Waals surface area contributed by atoms with E-state index in [1.54, 1.807) is 25.3 Å². The van der Waals surface area contributed by atoms with Crippen molar-refractivity contribution in [3.63, 3.8) is 0 Å². The van der Waals surface area contributed by atoms with Crippen molar-refractivity contribution >= 4 is 39.9 Å². The highest BCUT2D eigenvalue weighted by molar-refractivity contribution is 14.1. The van der Waals surface area contributed by atoms with Crippen LogP contribution in [0.2, 0.25) is 0 Å². The molecule has 22 heavy (non-hydrogen) atoms. The predicted molar refractivity (Wildman–Crippen MR) is 92.3 cm³/mol. The van der Waals surface area contributed by atoms with E-state index in [-0.39, 0.29) is 5.69 Å². The Labute approximate surface area is 141 Å². The zero-order valence-electron chi connectivity index (χ0n) is 11.6. The van der Waals surface area contributed by atoms with Crippen LogP contribution < -0.4 is 4.74 Å². The Hall–Kier alpha value is -2.40. The van der Waals surface area contributed by atoms with Crippen molar-refractivity contribution < 1.29 is 9.66 Å². The first-order chi connectivity index (χ1) is 10.5. The van der Waals surface area contributed by atoms with Gasteiger partial charge in [0.25, 0.3) is 5.69 Å². The van der Waals surface area contributed by atoms with E-state index in [1.165, 1.54) is 12.1 Å². The van der Waals surface area contributed by atoms with E-state index in [9.17, 15) is 15.4 Å². The molecule has 0 unspecified atom stereocenters. The summed E-state index contributed by atoms with van der Waals surface area (Å²) < 4.78 is 6.13. The van der Waals surface area contributed by atoms with Gasteiger partial charge in [0.2, 0.25) is 0 Å². The summed E-state index contributed by atoms with van der Waals surface area (Å²) in [4.78, 5) is 10.2. The Kier molecular flexibility index (Phi) is 5.12. The zero-order valence-corrected chi connectivity index (χ0v) is 13.8. The third-order valence-electron chi connectivity index (χ3n) is 3.00. The average molecular weight is 406 g/mol. The van der Waals surface area contributed by atoms with Gasteiger partial charge in [-0.3, -0.25) is 10.1 Å². The third-order valence-corrected chi connectivity index (χ3v) is 3.84. The summed E-state index contributed by atoms with van der Waals surface area (Å²) in [5, 5.41) is 20.0. The summed E-state index contributed by atoms with van der Waals surface area (Å²) in [6.07, 6.45) is 1.74. The molecule has 0 aromatic heterocycles. The van der Waals surface area contributed by atoms with E-state index in [0.717, 1.165) is 14.9 Å². The fourth-order valence-corrected chi connectivity index (χ4v) is 2.64. The molecule has 2 rings (SSSR count). The second kappa shape index (κ2) is 7.04. The molecule has 0 N–H and O–H groups in total. The maximum atomic E-state index is 10.7. The number of hydrogen-bond acceptors (Lipinski definition) is 4. The summed E-state index contributed by atoms with van der Waals surface area (Å²) in [5.41, 5.74) is 1.94. The van der Waals surface area contributed by atoms with Gasteiger partial charge in [0.05, 0.1) is 27.2 Å². The molecule has 0 heterocycles. The van der Waals surface area contributed by atoms with Crippen molar-refractivity contribution in [1.82, 2.24) is 0 Å². The number of methoxy groups -OCH3 is 1. The highest BCUT2D eigenvalue weighted by Gasteiger charge is 2.07. The molecule has 2 aromatic rings. The number of nitriles is 1. The molecule has 2 aromatic carbocycles. The van der Waals surface area contributed by atoms with Crippen molar-refractivity contribution in [2.24, 2.45) is 0 Å². The minimum Gasteiger partial charge on any atom is -0.496 e. The number of nitro benzene ring substituents is 1. The van der Waals surface area contributed by atoms with Crippen molar-refractivity contribution in [3.8, 4) is 11.8 Å². The van der Waals surface area contributed by atoms with Crippen LogP contribution in [0, 0.1) is 25.0 Å². The number of rotatable bonds is 4. The van der Waals surface area contributed by atoms with Gasteiger partial charge in [-0.25, -0.2) is 0 Å². The Morgan fingerprint density at radius 3 is 2.50 bits per heavy atom. The highest BCUT2D eigenvalue weighted by Crippen LogP contribution is 2.25. The Balaban J connectivity index is 2.37. The molecule has 0 aliphatic rings. The number of hydrogen-bond donors (Lipinski definition) is 0. The number of non-ortho nitro benzene ring substituents is 1. The van der Waals surface area contributed by atoms with Gasteiger partial charge < -0.3 is 4.74 Å². The molecule has 0 bridgehead atoms. The van der Waals surface area contributed by atoms with Crippen LogP contribution in [-0.2, 0) is 0 Å². The quantitative estimate of drug-likeness (QED) is 0.250. The molecule has 110 valence electrons. The van der Waals surface area contributed by atoms with Crippen LogP contribution in [-0.4, -0.2) is 12.0 Å². The molecule has 0 aliphatic carbocycles. The smallest absolute Gasteiger partial charge is 0.269 e. The first-order valence-corrected chi connectivity index (χ1v) is 7.33. The lowest BCUT2D eigenvalue weighted by atomic mass is 10.0. The van der Waals surface area contributed by atoms with Crippen LogP contribution in [0.25, 0.3) is 11.6 Å². The summed E-state index contributed by atoms with van der Waals surface area (Å²) in [7, 11) is 1.60. The lowest BCUT2D eigenvalue weighted by Gasteiger charge is -2.04. The molecule has 5 nitrogen and oxygen atoms in total. The molecular weight excluding hydrogens is 395 g/mol. The maximum absolute atomic E-state index is 10.7. The number of allylic oxidation sites excluding steroid dienone is 1. The summed E-state index contributed by atoms with van der Waals surface area (Å²) in [5.74, 6) is 0.770. The van der Waals surface area contributed by atoms with E-state index in [2.05, 4.69) is 28.7 Å². The van der Waals surface area contributed by atoms with Crippen molar-refractivity contribution in [3.05, 3.63) is 67.3 Å². The second-order valence-corrected chi connectivity index (χ2v) is 5.53. The van der Waals surface area contributed by atoms with E-state index < -0.39 is 4.92 Å². The maximum Gasteiger partial charge on any atom is 0.269 e. The van der Waals surface area contributed by atoms with Gasteiger partial charge in [-0.1, -0.05) is 6.07 Å². The van der Waals surface area contributed by atoms with Gasteiger partial charge in [-0.2, -0.15) is 5.26 Å². The van der Waals surface area contributed by atoms with Crippen LogP contribution in [0.1, 0.15) is 11.1 Å². The Morgan fingerprint density at radius 1 is 1.32 bits per heavy atom. The van der Waals surface area contributed by atoms with Gasteiger partial charge in [0.15, 0.2) is 0 Å². The van der Waals surface area contributed by atoms with Crippen LogP contribution in [0.5, 0.6) is 5.75 Å². The van der Waals surface area contributed by atoms with E-state index >= 15 is 0 Å². The topological polar surface area (TPSA) is 76.2 Å². The van der Waals surface area contributed by atoms with E-state index in [0.29, 0.717) is 11.1 Å². The average Bonchev–Trinajstić information content (AvgIpc) is 2.53. The molecule has 0 radical (unpaired) electrons. The molecule has 0 spiro atoms. The van der Waals surface area contributed by atoms with Crippen molar-refractivity contribution in [1.29, 1.82) is 5.26 Å². The number of ether oxygens (including phenoxy) is 1. The molecule has 0 fully saturated rings. The van der Waals surface area contributed by atoms with Crippen molar-refractivity contribution in [2.75, 3.05) is 7.11 Å². The fourth-order valence-electron chi connectivity index (χ4n) is 1.88. The van der Waals surface area contributed by atoms with Gasteiger partial charge in [-0.15, -0.1) is 0 Å². The SMILES string of the molecule is COc1ccc(/C=C(/C#N)c2ccc([N+](=O)[O-])cc2)cc1I. The van der Waals surface area contributed by atoms with Gasteiger partial charge in [0.1, 0.15) is 5.75 Å². The minimum atomic E-state index is -0.467. The largest absolute Gasteiger partial charge is 0.496 e. The Bertz CT molecular complexity index is 777. The molecule has 0 amide bonds. The summed E-state index contributed by atoms with van der Waals surface area (Å²) in [6, 6.07) is 13.6. The summed E-state index contributed by atoms with van der Waals surface area (Å²) >= 11 is 2.16. The standard InChI is InChI=1S/C16H11IN2O3/c1-22-16-7-2-11(9-15(16)17)8-13(10-18)12-3-5-14(6-4-12)19(20)21/h2-9H,1H3/b13-8-. The number of halogens is 1. The van der Waals surface area contributed by atoms with E-state index in [4.69, 9.17) is 4.74 Å². The van der Waals surface area contributed by atoms with Crippen molar-refractivity contribution in [2.45, 2.75) is 0 Å². The van der Waals surface area contributed by atoms with Gasteiger partial charge in [0, 0.05) is 12.1 Å². The van der Waals surface area contributed by atoms with Crippen LogP contribution in [0.15, 0.2) is 42.5 Å². The third kappa shape index (κ3) is 3.62. The van der Waals surface area contributed by atoms with E-state index in [1.807, 2.05) is 18.2 Å². The second-order valence-electron chi connectivity index (χ2n) is 4.37. The van der Waals surface area contributed by atoms with Crippen LogP contribution in [0.4, 0.5) is 5.69 Å². The first-order valence-electron chi connectivity index (χ1n) is 6.25. The fraction of sp³-hybridized carbons (Fsp3) is 0.0625. The molecule has 6 heteroatoms. The monoisotopic (exact) mass is 406 g/mol. The normalized spacial score (nSPS) is 10.9. The molecule has 0 saturated heterocycles. The highest BCUT2D eigenvalue weighted by atomic mass is 127. The predicted octanol–water partition coefficient (Wildman–Crippen LogP) is 4.27. The number of nitro groups is 1. The zero-order chi connectivity index (χ0) is 16.1. The molecular formula is C16H11IN2O3. The summed E-state index contributed by atoms with van der Waals surface area (Å²) in [6.45, 7) is 0. The number of nitrogens with zero attached hydrogens (tertiary/aromatic N) is 2.